The molecule has 0 N–H and O–H groups in total. The van der Waals surface area contributed by atoms with Crippen LogP contribution >= 0.6 is 0 Å². The van der Waals surface area contributed by atoms with Gasteiger partial charge in [-0.15, -0.1) is 0 Å². The summed E-state index contributed by atoms with van der Waals surface area (Å²) in [5.41, 5.74) is 2.36. The van der Waals surface area contributed by atoms with Crippen molar-refractivity contribution in [1.29, 1.82) is 0 Å². The summed E-state index contributed by atoms with van der Waals surface area (Å²) < 4.78 is 0. The Morgan fingerprint density at radius 2 is 1.62 bits per heavy atom. The number of fused-ring (bicyclic) bond motifs is 1. The molecule has 4 nitrogen and oxygen atoms in total. The molecule has 1 aromatic rings. The summed E-state index contributed by atoms with van der Waals surface area (Å²) in [5, 5.41) is 0. The van der Waals surface area contributed by atoms with Crippen LogP contribution < -0.4 is 4.90 Å². The van der Waals surface area contributed by atoms with E-state index in [0.717, 1.165) is 50.9 Å². The Kier molecular flexibility index (Phi) is 4.07. The molecule has 0 radical (unpaired) electrons. The van der Waals surface area contributed by atoms with Crippen LogP contribution in [-0.4, -0.2) is 35.8 Å². The predicted octanol–water partition coefficient (Wildman–Crippen LogP) is 3.00. The third kappa shape index (κ3) is 2.62. The van der Waals surface area contributed by atoms with Crippen molar-refractivity contribution in [2.24, 2.45) is 11.8 Å². The van der Waals surface area contributed by atoms with E-state index in [0.29, 0.717) is 5.91 Å². The van der Waals surface area contributed by atoms with Gasteiger partial charge in [0.05, 0.1) is 0 Å². The van der Waals surface area contributed by atoms with Crippen molar-refractivity contribution in [2.75, 3.05) is 18.0 Å². The maximum Gasteiger partial charge on any atom is 0.230 e. The van der Waals surface area contributed by atoms with Crippen LogP contribution in [0.2, 0.25) is 0 Å². The Morgan fingerprint density at radius 1 is 0.958 bits per heavy atom. The molecule has 4 rings (SSSR count). The lowest BCUT2D eigenvalue weighted by Gasteiger charge is -2.37. The van der Waals surface area contributed by atoms with Gasteiger partial charge in [-0.05, 0) is 50.7 Å². The summed E-state index contributed by atoms with van der Waals surface area (Å²) in [6.45, 7) is 3.62. The number of nitrogens with zero attached hydrogens (tertiary/aromatic N) is 2. The molecular formula is C20H26N2O2. The van der Waals surface area contributed by atoms with Crippen molar-refractivity contribution in [3.05, 3.63) is 29.8 Å². The fraction of sp³-hybridized carbons (Fsp3) is 0.600. The number of anilines is 1. The van der Waals surface area contributed by atoms with Gasteiger partial charge in [-0.2, -0.15) is 0 Å². The molecule has 24 heavy (non-hydrogen) atoms. The highest BCUT2D eigenvalue weighted by molar-refractivity contribution is 5.97. The molecule has 1 unspecified atom stereocenters. The van der Waals surface area contributed by atoms with Crippen LogP contribution in [0.3, 0.4) is 0 Å². The maximum atomic E-state index is 13.1. The van der Waals surface area contributed by atoms with Crippen molar-refractivity contribution < 1.29 is 9.59 Å². The van der Waals surface area contributed by atoms with Crippen molar-refractivity contribution in [3.63, 3.8) is 0 Å². The predicted molar refractivity (Wildman–Crippen MR) is 93.7 cm³/mol. The monoisotopic (exact) mass is 326 g/mol. The molecule has 128 valence electrons. The number of hydrogen-bond donors (Lipinski definition) is 0. The van der Waals surface area contributed by atoms with E-state index in [1.54, 1.807) is 0 Å². The van der Waals surface area contributed by atoms with Gasteiger partial charge in [-0.3, -0.25) is 9.59 Å². The van der Waals surface area contributed by atoms with Crippen LogP contribution in [0, 0.1) is 11.8 Å². The minimum atomic E-state index is 0.0593. The van der Waals surface area contributed by atoms with Crippen LogP contribution in [0.1, 0.15) is 44.6 Å². The first-order valence-electron chi connectivity index (χ1n) is 9.35. The minimum absolute atomic E-state index is 0.0593. The number of piperidine rings is 1. The first kappa shape index (κ1) is 15.7. The topological polar surface area (TPSA) is 40.6 Å². The standard InChI is InChI=1S/C20H26N2O2/c1-14-13-17-5-2-3-8-18(17)22(14)20(24)16-9-11-21(12-10-16)19(23)15-6-4-7-15/h2-3,5,8,14-16H,4,6-7,9-13H2,1H3. The Bertz CT molecular complexity index is 645. The molecule has 1 saturated carbocycles. The van der Waals surface area contributed by atoms with E-state index in [1.807, 2.05) is 21.9 Å². The summed E-state index contributed by atoms with van der Waals surface area (Å²) in [5.74, 6) is 0.905. The highest BCUT2D eigenvalue weighted by Crippen LogP contribution is 2.35. The summed E-state index contributed by atoms with van der Waals surface area (Å²) in [7, 11) is 0. The SMILES string of the molecule is CC1Cc2ccccc2N1C(=O)C1CCN(C(=O)C2CCC2)CC1. The average Bonchev–Trinajstić information content (AvgIpc) is 2.88. The first-order chi connectivity index (χ1) is 11.6. The second-order valence-electron chi connectivity index (χ2n) is 7.62. The first-order valence-corrected chi connectivity index (χ1v) is 9.35. The molecular weight excluding hydrogens is 300 g/mol. The number of hydrogen-bond acceptors (Lipinski definition) is 2. The Morgan fingerprint density at radius 3 is 2.29 bits per heavy atom. The number of rotatable bonds is 2. The van der Waals surface area contributed by atoms with Gasteiger partial charge in [0, 0.05) is 36.7 Å². The second kappa shape index (κ2) is 6.23. The third-order valence-electron chi connectivity index (χ3n) is 6.05. The van der Waals surface area contributed by atoms with E-state index in [4.69, 9.17) is 0 Å². The molecule has 1 aromatic carbocycles. The van der Waals surface area contributed by atoms with Gasteiger partial charge >= 0.3 is 0 Å². The Labute approximate surface area is 143 Å². The smallest absolute Gasteiger partial charge is 0.230 e. The molecule has 0 spiro atoms. The zero-order chi connectivity index (χ0) is 16.7. The van der Waals surface area contributed by atoms with E-state index >= 15 is 0 Å². The quantitative estimate of drug-likeness (QED) is 0.838. The second-order valence-corrected chi connectivity index (χ2v) is 7.62. The number of carbonyl (C=O) groups excluding carboxylic acids is 2. The zero-order valence-electron chi connectivity index (χ0n) is 14.4. The molecule has 0 aromatic heterocycles. The summed E-state index contributed by atoms with van der Waals surface area (Å²) >= 11 is 0. The van der Waals surface area contributed by atoms with Crippen LogP contribution in [0.5, 0.6) is 0 Å². The van der Waals surface area contributed by atoms with Gasteiger partial charge < -0.3 is 9.80 Å². The van der Waals surface area contributed by atoms with Crippen LogP contribution in [0.25, 0.3) is 0 Å². The third-order valence-corrected chi connectivity index (χ3v) is 6.05. The average molecular weight is 326 g/mol. The van der Waals surface area contributed by atoms with E-state index in [-0.39, 0.29) is 23.8 Å². The van der Waals surface area contributed by atoms with E-state index in [2.05, 4.69) is 19.1 Å². The zero-order valence-corrected chi connectivity index (χ0v) is 14.4. The molecule has 2 fully saturated rings. The number of para-hydroxylation sites is 1. The lowest BCUT2D eigenvalue weighted by Crippen LogP contribution is -2.48. The molecule has 1 atom stereocenters. The van der Waals surface area contributed by atoms with Crippen molar-refractivity contribution in [3.8, 4) is 0 Å². The molecule has 4 heteroatoms. The normalized spacial score (nSPS) is 24.6. The fourth-order valence-electron chi connectivity index (χ4n) is 4.36. The number of amides is 2. The largest absolute Gasteiger partial charge is 0.342 e. The number of benzene rings is 1. The Balaban J connectivity index is 1.40. The maximum absolute atomic E-state index is 13.1. The summed E-state index contributed by atoms with van der Waals surface area (Å²) in [6, 6.07) is 8.48. The summed E-state index contributed by atoms with van der Waals surface area (Å²) in [4.78, 5) is 29.4. The number of likely N-dealkylation sites (tertiary alicyclic amines) is 1. The van der Waals surface area contributed by atoms with E-state index in [9.17, 15) is 9.59 Å². The van der Waals surface area contributed by atoms with Gasteiger partial charge in [0.15, 0.2) is 0 Å². The molecule has 1 saturated heterocycles. The molecule has 2 aliphatic heterocycles. The molecule has 2 heterocycles. The van der Waals surface area contributed by atoms with Gasteiger partial charge in [0.2, 0.25) is 11.8 Å². The number of carbonyl (C=O) groups is 2. The lowest BCUT2D eigenvalue weighted by molar-refractivity contribution is -0.141. The lowest BCUT2D eigenvalue weighted by atomic mass is 9.83. The van der Waals surface area contributed by atoms with Crippen molar-refractivity contribution in [1.82, 2.24) is 4.90 Å². The minimum Gasteiger partial charge on any atom is -0.342 e. The molecule has 1 aliphatic carbocycles. The van der Waals surface area contributed by atoms with Crippen LogP contribution in [-0.2, 0) is 16.0 Å². The van der Waals surface area contributed by atoms with Crippen LogP contribution in [0.15, 0.2) is 24.3 Å². The van der Waals surface area contributed by atoms with Gasteiger partial charge in [-0.1, -0.05) is 24.6 Å². The van der Waals surface area contributed by atoms with Gasteiger partial charge in [0.25, 0.3) is 0 Å². The van der Waals surface area contributed by atoms with Gasteiger partial charge in [0.1, 0.15) is 0 Å². The van der Waals surface area contributed by atoms with Crippen LogP contribution in [0.4, 0.5) is 5.69 Å². The molecule has 0 bridgehead atoms. The van der Waals surface area contributed by atoms with Crippen molar-refractivity contribution in [2.45, 2.75) is 51.5 Å². The molecule has 2 amide bonds. The highest BCUT2D eigenvalue weighted by Gasteiger charge is 2.38. The fourth-order valence-corrected chi connectivity index (χ4v) is 4.36. The van der Waals surface area contributed by atoms with E-state index in [1.165, 1.54) is 12.0 Å². The Hall–Kier alpha value is -1.84. The summed E-state index contributed by atoms with van der Waals surface area (Å²) in [6.07, 6.45) is 5.86. The van der Waals surface area contributed by atoms with Crippen molar-refractivity contribution >= 4 is 17.5 Å². The molecule has 3 aliphatic rings. The van der Waals surface area contributed by atoms with Gasteiger partial charge in [-0.25, -0.2) is 0 Å². The highest BCUT2D eigenvalue weighted by atomic mass is 16.2. The van der Waals surface area contributed by atoms with E-state index < -0.39 is 0 Å².